The molecule has 8 nitrogen and oxygen atoms in total. The molecule has 3 aromatic carbocycles. The van der Waals surface area contributed by atoms with Gasteiger partial charge in [0.1, 0.15) is 6.61 Å². The highest BCUT2D eigenvalue weighted by molar-refractivity contribution is 6.35. The molecule has 5 rings (SSSR count). The van der Waals surface area contributed by atoms with Gasteiger partial charge >= 0.3 is 0 Å². The highest BCUT2D eigenvalue weighted by Gasteiger charge is 2.68. The fourth-order valence-electron chi connectivity index (χ4n) is 5.41. The predicted molar refractivity (Wildman–Crippen MR) is 137 cm³/mol. The van der Waals surface area contributed by atoms with Crippen molar-refractivity contribution in [2.75, 3.05) is 26.0 Å². The van der Waals surface area contributed by atoms with Crippen molar-refractivity contribution in [2.24, 2.45) is 0 Å². The average molecular weight is 528 g/mol. The van der Waals surface area contributed by atoms with E-state index in [0.29, 0.717) is 44.9 Å². The molecule has 1 fully saturated rings. The van der Waals surface area contributed by atoms with Crippen LogP contribution in [0.3, 0.4) is 0 Å². The zero-order valence-electron chi connectivity index (χ0n) is 19.5. The Morgan fingerprint density at radius 1 is 1.14 bits per heavy atom. The van der Waals surface area contributed by atoms with Gasteiger partial charge in [0, 0.05) is 38.3 Å². The number of nitro groups is 1. The lowest BCUT2D eigenvalue weighted by Crippen LogP contribution is -2.54. The average Bonchev–Trinajstić information content (AvgIpc) is 3.33. The quantitative estimate of drug-likeness (QED) is 0.354. The van der Waals surface area contributed by atoms with Gasteiger partial charge in [-0.15, -0.1) is 0 Å². The van der Waals surface area contributed by atoms with Crippen LogP contribution in [0, 0.1) is 10.1 Å². The van der Waals surface area contributed by atoms with Crippen LogP contribution >= 0.6 is 23.2 Å². The van der Waals surface area contributed by atoms with Gasteiger partial charge in [0.25, 0.3) is 11.9 Å². The van der Waals surface area contributed by atoms with Crippen LogP contribution in [0.4, 0.5) is 5.69 Å². The Morgan fingerprint density at radius 2 is 1.92 bits per heavy atom. The van der Waals surface area contributed by atoms with Gasteiger partial charge in [-0.3, -0.25) is 19.8 Å². The van der Waals surface area contributed by atoms with Crippen LogP contribution in [0.15, 0.2) is 60.7 Å². The topological polar surface area (TPSA) is 93.9 Å². The Balaban J connectivity index is 1.48. The number of halogens is 2. The summed E-state index contributed by atoms with van der Waals surface area (Å²) >= 11 is 12.2. The zero-order valence-corrected chi connectivity index (χ0v) is 21.0. The fraction of sp³-hybridized carbons (Fsp3) is 0.269. The number of benzene rings is 3. The molecular formula is C26H23Cl2N3O5. The van der Waals surface area contributed by atoms with Gasteiger partial charge in [-0.1, -0.05) is 53.5 Å². The minimum atomic E-state index is -1.40. The van der Waals surface area contributed by atoms with E-state index in [1.165, 1.54) is 7.11 Å². The highest BCUT2D eigenvalue weighted by atomic mass is 35.5. The zero-order chi connectivity index (χ0) is 25.6. The molecule has 186 valence electrons. The minimum Gasteiger partial charge on any atom is -0.493 e. The molecule has 3 aromatic rings. The van der Waals surface area contributed by atoms with Gasteiger partial charge in [0.15, 0.2) is 17.0 Å². The number of carbonyl (C=O) groups is 1. The van der Waals surface area contributed by atoms with Gasteiger partial charge < -0.3 is 14.8 Å². The first-order valence-corrected chi connectivity index (χ1v) is 12.0. The van der Waals surface area contributed by atoms with Crippen LogP contribution in [0.2, 0.25) is 10.0 Å². The van der Waals surface area contributed by atoms with Crippen LogP contribution in [0.5, 0.6) is 11.5 Å². The number of nitrogens with zero attached hydrogens (tertiary/aromatic N) is 2. The van der Waals surface area contributed by atoms with E-state index in [1.54, 1.807) is 72.6 Å². The Hall–Kier alpha value is -3.33. The summed E-state index contributed by atoms with van der Waals surface area (Å²) in [6, 6.07) is 16.3. The largest absolute Gasteiger partial charge is 0.493 e. The van der Waals surface area contributed by atoms with E-state index in [4.69, 9.17) is 32.7 Å². The van der Waals surface area contributed by atoms with Gasteiger partial charge in [0.2, 0.25) is 0 Å². The molecule has 36 heavy (non-hydrogen) atoms. The predicted octanol–water partition coefficient (Wildman–Crippen LogP) is 5.10. The van der Waals surface area contributed by atoms with E-state index in [1.807, 2.05) is 0 Å². The third-order valence-electron chi connectivity index (χ3n) is 7.06. The number of para-hydroxylation sites is 1. The van der Waals surface area contributed by atoms with E-state index in [2.05, 4.69) is 5.32 Å². The lowest BCUT2D eigenvalue weighted by molar-refractivity contribution is -0.534. The first-order chi connectivity index (χ1) is 17.3. The number of ether oxygens (including phenoxy) is 2. The number of anilines is 1. The summed E-state index contributed by atoms with van der Waals surface area (Å²) < 4.78 is 11.5. The molecule has 1 spiro atoms. The van der Waals surface area contributed by atoms with E-state index in [0.717, 1.165) is 5.56 Å². The Bertz CT molecular complexity index is 1370. The first kappa shape index (κ1) is 24.4. The van der Waals surface area contributed by atoms with E-state index < -0.39 is 17.5 Å². The molecule has 10 heteroatoms. The summed E-state index contributed by atoms with van der Waals surface area (Å²) in [6.45, 7) is 0.507. The minimum absolute atomic E-state index is 0.190. The monoisotopic (exact) mass is 527 g/mol. The molecule has 3 atom stereocenters. The Morgan fingerprint density at radius 3 is 2.64 bits per heavy atom. The summed E-state index contributed by atoms with van der Waals surface area (Å²) in [6.07, 6.45) is 0. The van der Waals surface area contributed by atoms with Crippen LogP contribution in [0.25, 0.3) is 0 Å². The molecule has 1 amide bonds. The van der Waals surface area contributed by atoms with Crippen molar-refractivity contribution in [2.45, 2.75) is 24.1 Å². The van der Waals surface area contributed by atoms with Crippen LogP contribution in [-0.4, -0.2) is 42.5 Å². The summed E-state index contributed by atoms with van der Waals surface area (Å²) in [5.41, 5.74) is 1.26. The second kappa shape index (κ2) is 9.28. The van der Waals surface area contributed by atoms with Crippen molar-refractivity contribution in [3.63, 3.8) is 0 Å². The van der Waals surface area contributed by atoms with E-state index >= 15 is 0 Å². The third-order valence-corrected chi connectivity index (χ3v) is 7.64. The summed E-state index contributed by atoms with van der Waals surface area (Å²) in [7, 11) is 3.26. The number of likely N-dealkylation sites (N-methyl/N-ethyl adjacent to an activating group) is 1. The number of carbonyl (C=O) groups excluding carboxylic acids is 1. The molecule has 0 unspecified atom stereocenters. The van der Waals surface area contributed by atoms with Gasteiger partial charge in [0.05, 0.1) is 13.0 Å². The smallest absolute Gasteiger partial charge is 0.256 e. The maximum Gasteiger partial charge on any atom is 0.256 e. The Kier molecular flexibility index (Phi) is 6.28. The van der Waals surface area contributed by atoms with Gasteiger partial charge in [-0.05, 0) is 42.9 Å². The molecule has 0 saturated carbocycles. The van der Waals surface area contributed by atoms with Crippen molar-refractivity contribution in [3.05, 3.63) is 97.5 Å². The second-order valence-electron chi connectivity index (χ2n) is 8.92. The first-order valence-electron chi connectivity index (χ1n) is 11.3. The van der Waals surface area contributed by atoms with Crippen molar-refractivity contribution in [1.29, 1.82) is 0 Å². The van der Waals surface area contributed by atoms with Crippen LogP contribution in [0.1, 0.15) is 22.6 Å². The maximum atomic E-state index is 13.3. The van der Waals surface area contributed by atoms with Crippen LogP contribution in [-0.2, 0) is 16.9 Å². The van der Waals surface area contributed by atoms with Crippen LogP contribution < -0.4 is 14.8 Å². The van der Waals surface area contributed by atoms with E-state index in [9.17, 15) is 14.9 Å². The molecule has 1 N–H and O–H groups in total. The lowest BCUT2D eigenvalue weighted by atomic mass is 9.79. The SMILES string of the molecule is COc1cc([C@@H]2CN(C)[C@@]3(C(=O)Nc4ccccc43)[C@H]2[N+](=O)[O-])ccc1OCc1ccc(Cl)cc1Cl. The molecule has 0 aromatic heterocycles. The second-order valence-corrected chi connectivity index (χ2v) is 9.76. The van der Waals surface area contributed by atoms with E-state index in [-0.39, 0.29) is 17.4 Å². The number of likely N-dealkylation sites (tertiary alicyclic amines) is 1. The molecule has 2 heterocycles. The third kappa shape index (κ3) is 3.77. The standard InChI is InChI=1S/C26H23Cl2N3O5/c1-30-13-18(24(31(33)34)26(30)19-5-3-4-6-21(19)29-25(26)32)15-8-10-22(23(11-15)35-2)36-14-16-7-9-17(27)12-20(16)28/h3-12,18,24H,13-14H2,1-2H3,(H,29,32)/t18-,24-,26+/m0/s1. The van der Waals surface area contributed by atoms with Gasteiger partial charge in [-0.2, -0.15) is 0 Å². The molecule has 0 radical (unpaired) electrons. The normalized spacial score (nSPS) is 22.9. The molecular weight excluding hydrogens is 505 g/mol. The Labute approximate surface area is 217 Å². The van der Waals surface area contributed by atoms with Gasteiger partial charge in [-0.25, -0.2) is 0 Å². The van der Waals surface area contributed by atoms with Crippen molar-refractivity contribution in [1.82, 2.24) is 4.90 Å². The molecule has 0 bridgehead atoms. The summed E-state index contributed by atoms with van der Waals surface area (Å²) in [5, 5.41) is 16.4. The summed E-state index contributed by atoms with van der Waals surface area (Å²) in [4.78, 5) is 27.2. The summed E-state index contributed by atoms with van der Waals surface area (Å²) in [5.74, 6) is -0.0489. The van der Waals surface area contributed by atoms with Crippen molar-refractivity contribution < 1.29 is 19.2 Å². The molecule has 1 saturated heterocycles. The number of hydrogen-bond acceptors (Lipinski definition) is 6. The van der Waals surface area contributed by atoms with Crippen molar-refractivity contribution in [3.8, 4) is 11.5 Å². The number of hydrogen-bond donors (Lipinski definition) is 1. The molecule has 2 aliphatic heterocycles. The maximum absolute atomic E-state index is 13.3. The highest BCUT2D eigenvalue weighted by Crippen LogP contribution is 2.52. The molecule has 2 aliphatic rings. The van der Waals surface area contributed by atoms with Crippen molar-refractivity contribution >= 4 is 34.8 Å². The number of amides is 1. The lowest BCUT2D eigenvalue weighted by Gasteiger charge is -2.30. The fourth-order valence-corrected chi connectivity index (χ4v) is 5.87. The number of rotatable bonds is 6. The number of fused-ring (bicyclic) bond motifs is 2. The number of nitrogens with one attached hydrogen (secondary N) is 1. The molecule has 0 aliphatic carbocycles. The number of methoxy groups -OCH3 is 1.